The van der Waals surface area contributed by atoms with Crippen LogP contribution in [0.2, 0.25) is 0 Å². The maximum atomic E-state index is 2.45. The number of allylic oxidation sites excluding steroid dienone is 4. The van der Waals surface area contributed by atoms with Gasteiger partial charge in [0.2, 0.25) is 0 Å². The molecule has 0 amide bonds. The molecule has 1 aromatic carbocycles. The maximum absolute atomic E-state index is 2.45. The Labute approximate surface area is 118 Å². The van der Waals surface area contributed by atoms with Crippen molar-refractivity contribution in [3.63, 3.8) is 0 Å². The highest BCUT2D eigenvalue weighted by molar-refractivity contribution is 5.82. The first-order chi connectivity index (χ1) is 9.36. The molecule has 1 aliphatic carbocycles. The molecule has 0 spiro atoms. The Kier molecular flexibility index (Phi) is 5.44. The van der Waals surface area contributed by atoms with Crippen LogP contribution in [0.4, 0.5) is 0 Å². The minimum absolute atomic E-state index is 1.18. The first-order valence-corrected chi connectivity index (χ1v) is 7.83. The zero-order chi connectivity index (χ0) is 13.5. The predicted octanol–water partition coefficient (Wildman–Crippen LogP) is 6.15. The van der Waals surface area contributed by atoms with E-state index in [1.165, 1.54) is 56.1 Å². The van der Waals surface area contributed by atoms with Crippen LogP contribution in [0, 0.1) is 0 Å². The number of rotatable bonds is 7. The highest BCUT2D eigenvalue weighted by Gasteiger charge is 2.17. The number of hydrogen-bond acceptors (Lipinski definition) is 0. The summed E-state index contributed by atoms with van der Waals surface area (Å²) >= 11 is 0. The van der Waals surface area contributed by atoms with Gasteiger partial charge < -0.3 is 0 Å². The van der Waals surface area contributed by atoms with E-state index in [-0.39, 0.29) is 0 Å². The van der Waals surface area contributed by atoms with Crippen molar-refractivity contribution in [2.75, 3.05) is 0 Å². The summed E-state index contributed by atoms with van der Waals surface area (Å²) in [4.78, 5) is 0. The minimum Gasteiger partial charge on any atom is -0.0723 e. The summed E-state index contributed by atoms with van der Waals surface area (Å²) in [6, 6.07) is 10.9. The van der Waals surface area contributed by atoms with E-state index in [1.807, 2.05) is 0 Å². The minimum atomic E-state index is 1.18. The summed E-state index contributed by atoms with van der Waals surface area (Å²) in [6.45, 7) is 4.57. The van der Waals surface area contributed by atoms with Crippen LogP contribution in [0.3, 0.4) is 0 Å². The standard InChI is InChI=1S/C19H26/c1-3-5-10-17-14-15-19(18(17)13-6-4-2)16-11-8-7-9-12-16/h7-9,11-12,15H,3-6,10,13-14H2,1-2H3. The molecule has 0 unspecified atom stereocenters. The molecule has 0 saturated carbocycles. The molecule has 0 heterocycles. The Morgan fingerprint density at radius 2 is 1.58 bits per heavy atom. The van der Waals surface area contributed by atoms with Crippen molar-refractivity contribution in [2.45, 2.75) is 58.8 Å². The Balaban J connectivity index is 2.20. The Morgan fingerprint density at radius 1 is 0.895 bits per heavy atom. The van der Waals surface area contributed by atoms with Gasteiger partial charge in [-0.05, 0) is 48.8 Å². The van der Waals surface area contributed by atoms with Gasteiger partial charge in [0.05, 0.1) is 0 Å². The summed E-state index contributed by atoms with van der Waals surface area (Å²) in [5.41, 5.74) is 6.27. The quantitative estimate of drug-likeness (QED) is 0.547. The fourth-order valence-electron chi connectivity index (χ4n) is 2.88. The van der Waals surface area contributed by atoms with E-state index in [0.717, 1.165) is 0 Å². The van der Waals surface area contributed by atoms with Crippen molar-refractivity contribution in [3.05, 3.63) is 53.1 Å². The van der Waals surface area contributed by atoms with Gasteiger partial charge in [0.1, 0.15) is 0 Å². The van der Waals surface area contributed by atoms with Crippen LogP contribution >= 0.6 is 0 Å². The monoisotopic (exact) mass is 254 g/mol. The molecular formula is C19H26. The third-order valence-electron chi connectivity index (χ3n) is 4.00. The van der Waals surface area contributed by atoms with Gasteiger partial charge in [-0.3, -0.25) is 0 Å². The van der Waals surface area contributed by atoms with Crippen molar-refractivity contribution in [3.8, 4) is 0 Å². The lowest BCUT2D eigenvalue weighted by Crippen LogP contribution is -1.92. The second kappa shape index (κ2) is 7.33. The molecule has 0 aliphatic heterocycles. The van der Waals surface area contributed by atoms with Crippen LogP contribution in [-0.4, -0.2) is 0 Å². The lowest BCUT2D eigenvalue weighted by atomic mass is 9.93. The zero-order valence-corrected chi connectivity index (χ0v) is 12.4. The Bertz CT molecular complexity index is 448. The lowest BCUT2D eigenvalue weighted by Gasteiger charge is -2.12. The van der Waals surface area contributed by atoms with Gasteiger partial charge in [-0.25, -0.2) is 0 Å². The van der Waals surface area contributed by atoms with Crippen LogP contribution in [0.5, 0.6) is 0 Å². The molecular weight excluding hydrogens is 228 g/mol. The Morgan fingerprint density at radius 3 is 2.26 bits per heavy atom. The summed E-state index contributed by atoms with van der Waals surface area (Å²) in [6.07, 6.45) is 11.4. The van der Waals surface area contributed by atoms with Crippen molar-refractivity contribution < 1.29 is 0 Å². The van der Waals surface area contributed by atoms with Crippen LogP contribution in [0.15, 0.2) is 47.6 Å². The molecule has 0 bridgehead atoms. The van der Waals surface area contributed by atoms with E-state index in [4.69, 9.17) is 0 Å². The maximum Gasteiger partial charge on any atom is -0.0123 e. The summed E-state index contributed by atoms with van der Waals surface area (Å²) in [7, 11) is 0. The van der Waals surface area contributed by atoms with Gasteiger partial charge in [0, 0.05) is 0 Å². The van der Waals surface area contributed by atoms with Gasteiger partial charge >= 0.3 is 0 Å². The average molecular weight is 254 g/mol. The second-order valence-corrected chi connectivity index (χ2v) is 5.48. The molecule has 0 saturated heterocycles. The van der Waals surface area contributed by atoms with Crippen molar-refractivity contribution >= 4 is 5.57 Å². The first-order valence-electron chi connectivity index (χ1n) is 7.83. The molecule has 0 N–H and O–H groups in total. The molecule has 0 heteroatoms. The summed E-state index contributed by atoms with van der Waals surface area (Å²) in [5.74, 6) is 0. The van der Waals surface area contributed by atoms with Crippen molar-refractivity contribution in [1.29, 1.82) is 0 Å². The molecule has 0 fully saturated rings. The second-order valence-electron chi connectivity index (χ2n) is 5.48. The van der Waals surface area contributed by atoms with Gasteiger partial charge in [-0.2, -0.15) is 0 Å². The van der Waals surface area contributed by atoms with Crippen molar-refractivity contribution in [2.24, 2.45) is 0 Å². The van der Waals surface area contributed by atoms with Gasteiger partial charge in [-0.15, -0.1) is 0 Å². The van der Waals surface area contributed by atoms with E-state index < -0.39 is 0 Å². The molecule has 0 atom stereocenters. The number of hydrogen-bond donors (Lipinski definition) is 0. The third kappa shape index (κ3) is 3.59. The molecule has 0 aromatic heterocycles. The fraction of sp³-hybridized carbons (Fsp3) is 0.474. The predicted molar refractivity (Wildman–Crippen MR) is 85.1 cm³/mol. The first kappa shape index (κ1) is 14.1. The van der Waals surface area contributed by atoms with Crippen LogP contribution in [-0.2, 0) is 0 Å². The van der Waals surface area contributed by atoms with Crippen LogP contribution < -0.4 is 0 Å². The van der Waals surface area contributed by atoms with Gasteiger partial charge in [0.25, 0.3) is 0 Å². The zero-order valence-electron chi connectivity index (χ0n) is 12.4. The van der Waals surface area contributed by atoms with Crippen LogP contribution in [0.1, 0.15) is 64.4 Å². The summed E-state index contributed by atoms with van der Waals surface area (Å²) in [5, 5.41) is 0. The molecule has 1 aliphatic rings. The molecule has 1 aromatic rings. The van der Waals surface area contributed by atoms with Gasteiger partial charge in [-0.1, -0.05) is 68.7 Å². The van der Waals surface area contributed by atoms with Gasteiger partial charge in [0.15, 0.2) is 0 Å². The summed E-state index contributed by atoms with van der Waals surface area (Å²) < 4.78 is 0. The third-order valence-corrected chi connectivity index (χ3v) is 4.00. The number of unbranched alkanes of at least 4 members (excludes halogenated alkanes) is 2. The molecule has 102 valence electrons. The average Bonchev–Trinajstić information content (AvgIpc) is 2.86. The molecule has 0 nitrogen and oxygen atoms in total. The molecule has 19 heavy (non-hydrogen) atoms. The van der Waals surface area contributed by atoms with E-state index in [9.17, 15) is 0 Å². The lowest BCUT2D eigenvalue weighted by molar-refractivity contribution is 0.753. The highest BCUT2D eigenvalue weighted by atomic mass is 14.2. The normalized spacial score (nSPS) is 14.9. The van der Waals surface area contributed by atoms with Crippen molar-refractivity contribution in [1.82, 2.24) is 0 Å². The fourth-order valence-corrected chi connectivity index (χ4v) is 2.88. The van der Waals surface area contributed by atoms with Crippen LogP contribution in [0.25, 0.3) is 5.57 Å². The SMILES string of the molecule is CCCCC1=C(CCCC)C(c2ccccc2)=CC1. The Hall–Kier alpha value is -1.30. The van der Waals surface area contributed by atoms with E-state index >= 15 is 0 Å². The highest BCUT2D eigenvalue weighted by Crippen LogP contribution is 2.38. The smallest absolute Gasteiger partial charge is 0.0123 e. The molecule has 2 rings (SSSR count). The largest absolute Gasteiger partial charge is 0.0723 e. The molecule has 0 radical (unpaired) electrons. The van der Waals surface area contributed by atoms with E-state index in [1.54, 1.807) is 11.1 Å². The topological polar surface area (TPSA) is 0 Å². The van der Waals surface area contributed by atoms with E-state index in [2.05, 4.69) is 50.3 Å². The van der Waals surface area contributed by atoms with E-state index in [0.29, 0.717) is 0 Å². The number of benzene rings is 1.